The first-order valence-electron chi connectivity index (χ1n) is 10.5. The van der Waals surface area contributed by atoms with E-state index < -0.39 is 0 Å². The first-order valence-corrected chi connectivity index (χ1v) is 10.5. The molecule has 0 spiro atoms. The van der Waals surface area contributed by atoms with Gasteiger partial charge in [-0.05, 0) is 63.7 Å². The topological polar surface area (TPSA) is 4.93 Å². The SMILES string of the molecule is c1ccc2c(c1)Cc1cccc3cc(-n4c5ccccc5c5ccccc54)cc-2c13. The molecule has 1 nitrogen and oxygen atoms in total. The second kappa shape index (κ2) is 5.84. The molecular formula is C29H19N. The first-order chi connectivity index (χ1) is 14.9. The highest BCUT2D eigenvalue weighted by Gasteiger charge is 2.20. The van der Waals surface area contributed by atoms with E-state index in [0.29, 0.717) is 0 Å². The van der Waals surface area contributed by atoms with Gasteiger partial charge in [0.05, 0.1) is 11.0 Å². The quantitative estimate of drug-likeness (QED) is 0.277. The highest BCUT2D eigenvalue weighted by Crippen LogP contribution is 2.42. The number of hydrogen-bond donors (Lipinski definition) is 0. The second-order valence-corrected chi connectivity index (χ2v) is 8.21. The minimum Gasteiger partial charge on any atom is -0.309 e. The van der Waals surface area contributed by atoms with Crippen LogP contribution in [0, 0.1) is 0 Å². The Hall–Kier alpha value is -3.84. The van der Waals surface area contributed by atoms with E-state index >= 15 is 0 Å². The van der Waals surface area contributed by atoms with Gasteiger partial charge in [0, 0.05) is 16.5 Å². The molecule has 0 unspecified atom stereocenters. The van der Waals surface area contributed by atoms with Gasteiger partial charge in [-0.25, -0.2) is 0 Å². The third-order valence-electron chi connectivity index (χ3n) is 6.57. The number of fused-ring (bicyclic) bond motifs is 5. The number of aromatic nitrogens is 1. The molecule has 0 saturated carbocycles. The maximum atomic E-state index is 2.42. The van der Waals surface area contributed by atoms with E-state index in [4.69, 9.17) is 0 Å². The van der Waals surface area contributed by atoms with Crippen molar-refractivity contribution in [3.63, 3.8) is 0 Å². The molecular weight excluding hydrogens is 362 g/mol. The molecule has 30 heavy (non-hydrogen) atoms. The van der Waals surface area contributed by atoms with E-state index in [1.807, 2.05) is 0 Å². The van der Waals surface area contributed by atoms with Gasteiger partial charge < -0.3 is 4.57 Å². The molecule has 5 aromatic carbocycles. The molecule has 6 aromatic rings. The predicted octanol–water partition coefficient (Wildman–Crippen LogP) is 7.51. The van der Waals surface area contributed by atoms with Gasteiger partial charge in [-0.1, -0.05) is 78.9 Å². The standard InChI is InChI=1S/C29H19N/c1-2-11-23-19(8-1)16-20-9-7-10-21-17-22(18-26(23)29(20)21)30-27-14-5-3-12-24(27)25-13-4-6-15-28(25)30/h1-15,17-18H,16H2. The number of para-hydroxylation sites is 2. The van der Waals surface area contributed by atoms with Crippen LogP contribution in [0.4, 0.5) is 0 Å². The van der Waals surface area contributed by atoms with Crippen molar-refractivity contribution < 1.29 is 0 Å². The fourth-order valence-corrected chi connectivity index (χ4v) is 5.32. The van der Waals surface area contributed by atoms with Crippen molar-refractivity contribution in [3.05, 3.63) is 114 Å². The summed E-state index contributed by atoms with van der Waals surface area (Å²) in [4.78, 5) is 0. The summed E-state index contributed by atoms with van der Waals surface area (Å²) < 4.78 is 2.42. The van der Waals surface area contributed by atoms with E-state index in [1.165, 1.54) is 60.5 Å². The smallest absolute Gasteiger partial charge is 0.0541 e. The summed E-state index contributed by atoms with van der Waals surface area (Å²) in [5.74, 6) is 0. The maximum absolute atomic E-state index is 2.42. The minimum absolute atomic E-state index is 1.01. The molecule has 0 N–H and O–H groups in total. The average molecular weight is 381 g/mol. The van der Waals surface area contributed by atoms with Crippen LogP contribution in [0.1, 0.15) is 11.1 Å². The Morgan fingerprint density at radius 3 is 2.00 bits per heavy atom. The third-order valence-corrected chi connectivity index (χ3v) is 6.57. The van der Waals surface area contributed by atoms with Crippen molar-refractivity contribution >= 4 is 32.6 Å². The Kier molecular flexibility index (Phi) is 3.12. The molecule has 1 aromatic heterocycles. The van der Waals surface area contributed by atoms with Crippen LogP contribution in [-0.4, -0.2) is 4.57 Å². The van der Waals surface area contributed by atoms with Crippen molar-refractivity contribution in [2.24, 2.45) is 0 Å². The lowest BCUT2D eigenvalue weighted by Crippen LogP contribution is -2.03. The van der Waals surface area contributed by atoms with Gasteiger partial charge in [-0.15, -0.1) is 0 Å². The number of hydrogen-bond acceptors (Lipinski definition) is 0. The molecule has 7 rings (SSSR count). The largest absolute Gasteiger partial charge is 0.309 e. The molecule has 0 atom stereocenters. The van der Waals surface area contributed by atoms with Crippen LogP contribution in [0.2, 0.25) is 0 Å². The molecule has 1 aliphatic carbocycles. The zero-order chi connectivity index (χ0) is 19.7. The summed E-state index contributed by atoms with van der Waals surface area (Å²) in [6, 6.07) is 37.8. The summed E-state index contributed by atoms with van der Waals surface area (Å²) in [5, 5.41) is 5.32. The van der Waals surface area contributed by atoms with Gasteiger partial charge in [0.1, 0.15) is 0 Å². The van der Waals surface area contributed by atoms with E-state index in [2.05, 4.69) is 108 Å². The molecule has 0 radical (unpaired) electrons. The third kappa shape index (κ3) is 2.07. The highest BCUT2D eigenvalue weighted by molar-refractivity contribution is 6.10. The van der Waals surface area contributed by atoms with Crippen molar-refractivity contribution in [2.75, 3.05) is 0 Å². The lowest BCUT2D eigenvalue weighted by atomic mass is 9.83. The van der Waals surface area contributed by atoms with Crippen LogP contribution in [0.5, 0.6) is 0 Å². The fraction of sp³-hybridized carbons (Fsp3) is 0.0345. The van der Waals surface area contributed by atoms with E-state index in [1.54, 1.807) is 0 Å². The van der Waals surface area contributed by atoms with E-state index in [0.717, 1.165) is 6.42 Å². The normalized spacial score (nSPS) is 12.5. The lowest BCUT2D eigenvalue weighted by molar-refractivity contribution is 1.17. The monoisotopic (exact) mass is 381 g/mol. The van der Waals surface area contributed by atoms with Gasteiger partial charge in [0.15, 0.2) is 0 Å². The van der Waals surface area contributed by atoms with E-state index in [-0.39, 0.29) is 0 Å². The summed E-state index contributed by atoms with van der Waals surface area (Å²) in [7, 11) is 0. The molecule has 0 bridgehead atoms. The highest BCUT2D eigenvalue weighted by atomic mass is 15.0. The number of benzene rings is 5. The Morgan fingerprint density at radius 2 is 1.20 bits per heavy atom. The Bertz CT molecular complexity index is 1560. The van der Waals surface area contributed by atoms with Crippen molar-refractivity contribution in [3.8, 4) is 16.8 Å². The average Bonchev–Trinajstić information content (AvgIpc) is 3.14. The Balaban J connectivity index is 1.65. The van der Waals surface area contributed by atoms with Crippen molar-refractivity contribution in [2.45, 2.75) is 6.42 Å². The van der Waals surface area contributed by atoms with Crippen molar-refractivity contribution in [1.29, 1.82) is 0 Å². The fourth-order valence-electron chi connectivity index (χ4n) is 5.32. The molecule has 0 amide bonds. The van der Waals surface area contributed by atoms with Crippen LogP contribution in [0.15, 0.2) is 103 Å². The molecule has 0 aliphatic heterocycles. The van der Waals surface area contributed by atoms with Crippen LogP contribution in [0.3, 0.4) is 0 Å². The molecule has 140 valence electrons. The summed E-state index contributed by atoms with van der Waals surface area (Å²) >= 11 is 0. The molecule has 0 fully saturated rings. The number of rotatable bonds is 1. The summed E-state index contributed by atoms with van der Waals surface area (Å²) in [5.41, 5.74) is 9.29. The second-order valence-electron chi connectivity index (χ2n) is 8.21. The zero-order valence-electron chi connectivity index (χ0n) is 16.5. The molecule has 0 saturated heterocycles. The van der Waals surface area contributed by atoms with Gasteiger partial charge in [-0.2, -0.15) is 0 Å². The summed E-state index contributed by atoms with van der Waals surface area (Å²) in [6.07, 6.45) is 1.01. The predicted molar refractivity (Wildman–Crippen MR) is 127 cm³/mol. The van der Waals surface area contributed by atoms with Gasteiger partial charge in [0.2, 0.25) is 0 Å². The van der Waals surface area contributed by atoms with Gasteiger partial charge >= 0.3 is 0 Å². The van der Waals surface area contributed by atoms with Crippen LogP contribution in [0.25, 0.3) is 49.4 Å². The maximum Gasteiger partial charge on any atom is 0.0541 e. The first kappa shape index (κ1) is 16.0. The van der Waals surface area contributed by atoms with Gasteiger partial charge in [-0.3, -0.25) is 0 Å². The van der Waals surface area contributed by atoms with E-state index in [9.17, 15) is 0 Å². The molecule has 1 heterocycles. The number of nitrogens with zero attached hydrogens (tertiary/aromatic N) is 1. The van der Waals surface area contributed by atoms with Crippen LogP contribution >= 0.6 is 0 Å². The molecule has 1 heteroatoms. The lowest BCUT2D eigenvalue weighted by Gasteiger charge is -2.22. The Morgan fingerprint density at radius 1 is 0.533 bits per heavy atom. The summed E-state index contributed by atoms with van der Waals surface area (Å²) in [6.45, 7) is 0. The molecule has 1 aliphatic rings. The van der Waals surface area contributed by atoms with Crippen LogP contribution in [-0.2, 0) is 6.42 Å². The van der Waals surface area contributed by atoms with Gasteiger partial charge in [0.25, 0.3) is 0 Å². The van der Waals surface area contributed by atoms with Crippen LogP contribution < -0.4 is 0 Å². The van der Waals surface area contributed by atoms with Crippen molar-refractivity contribution in [1.82, 2.24) is 4.57 Å². The Labute approximate surface area is 174 Å². The minimum atomic E-state index is 1.01. The zero-order valence-corrected chi connectivity index (χ0v) is 16.5.